The van der Waals surface area contributed by atoms with Gasteiger partial charge in [-0.15, -0.1) is 0 Å². The molecular weight excluding hydrogens is 266 g/mol. The summed E-state index contributed by atoms with van der Waals surface area (Å²) in [6, 6.07) is 6.90. The zero-order chi connectivity index (χ0) is 15.7. The quantitative estimate of drug-likeness (QED) is 0.686. The molecule has 0 aliphatic rings. The van der Waals surface area contributed by atoms with Gasteiger partial charge in [-0.1, -0.05) is 6.92 Å². The molecule has 0 fully saturated rings. The molecule has 1 aromatic carbocycles. The zero-order valence-corrected chi connectivity index (χ0v) is 12.8. The highest BCUT2D eigenvalue weighted by Crippen LogP contribution is 2.13. The molecule has 0 saturated carbocycles. The number of nitrogens with two attached hydrogens (primary N) is 1. The van der Waals surface area contributed by atoms with Crippen LogP contribution in [0.4, 0.5) is 5.69 Å². The van der Waals surface area contributed by atoms with Crippen molar-refractivity contribution in [1.29, 1.82) is 0 Å². The van der Waals surface area contributed by atoms with Crippen LogP contribution in [-0.2, 0) is 4.79 Å². The predicted molar refractivity (Wildman–Crippen MR) is 85.1 cm³/mol. The first-order chi connectivity index (χ1) is 10.1. The first-order valence-electron chi connectivity index (χ1n) is 7.45. The number of hydrogen-bond donors (Lipinski definition) is 3. The number of benzene rings is 1. The van der Waals surface area contributed by atoms with E-state index in [0.717, 1.165) is 12.8 Å². The van der Waals surface area contributed by atoms with Crippen LogP contribution in [0.1, 0.15) is 43.5 Å². The van der Waals surface area contributed by atoms with Gasteiger partial charge in [0.1, 0.15) is 0 Å². The van der Waals surface area contributed by atoms with Crippen molar-refractivity contribution in [1.82, 2.24) is 5.32 Å². The largest absolute Gasteiger partial charge is 0.352 e. The Kier molecular flexibility index (Phi) is 7.46. The second-order valence-electron chi connectivity index (χ2n) is 5.21. The molecule has 2 amide bonds. The van der Waals surface area contributed by atoms with E-state index >= 15 is 0 Å². The van der Waals surface area contributed by atoms with Gasteiger partial charge in [0.15, 0.2) is 0 Å². The third-order valence-corrected chi connectivity index (χ3v) is 3.29. The van der Waals surface area contributed by atoms with Crippen LogP contribution in [0.5, 0.6) is 0 Å². The summed E-state index contributed by atoms with van der Waals surface area (Å²) in [5, 5.41) is 5.57. The van der Waals surface area contributed by atoms with Crippen molar-refractivity contribution in [3.05, 3.63) is 29.8 Å². The molecule has 1 aromatic rings. The molecule has 21 heavy (non-hydrogen) atoms. The third-order valence-electron chi connectivity index (χ3n) is 3.29. The van der Waals surface area contributed by atoms with Crippen molar-refractivity contribution in [2.45, 2.75) is 33.1 Å². The van der Waals surface area contributed by atoms with E-state index in [0.29, 0.717) is 36.7 Å². The van der Waals surface area contributed by atoms with Gasteiger partial charge < -0.3 is 16.4 Å². The standard InChI is InChI=1S/C16H25N3O2/c1-3-18-16(21)13-5-7-14(8-6-13)19-15(20)9-4-12(2)10-11-17/h5-8,12H,3-4,9-11,17H2,1-2H3,(H,18,21)(H,19,20). The molecule has 1 rings (SSSR count). The Balaban J connectivity index is 2.44. The minimum absolute atomic E-state index is 0.00960. The lowest BCUT2D eigenvalue weighted by Crippen LogP contribution is -2.22. The second kappa shape index (κ2) is 9.13. The summed E-state index contributed by atoms with van der Waals surface area (Å²) in [7, 11) is 0. The van der Waals surface area contributed by atoms with Crippen molar-refractivity contribution in [2.75, 3.05) is 18.4 Å². The Hall–Kier alpha value is -1.88. The third kappa shape index (κ3) is 6.40. The smallest absolute Gasteiger partial charge is 0.251 e. The molecule has 0 aliphatic heterocycles. The summed E-state index contributed by atoms with van der Waals surface area (Å²) in [5.74, 6) is 0.344. The topological polar surface area (TPSA) is 84.2 Å². The number of nitrogens with one attached hydrogen (secondary N) is 2. The summed E-state index contributed by atoms with van der Waals surface area (Å²) in [6.07, 6.45) is 2.26. The number of carbonyl (C=O) groups excluding carboxylic acids is 2. The molecule has 0 spiro atoms. The Morgan fingerprint density at radius 2 is 1.86 bits per heavy atom. The van der Waals surface area contributed by atoms with Gasteiger partial charge in [0.25, 0.3) is 5.91 Å². The molecule has 0 aromatic heterocycles. The van der Waals surface area contributed by atoms with E-state index < -0.39 is 0 Å². The summed E-state index contributed by atoms with van der Waals surface area (Å²) in [6.45, 7) is 5.22. The number of hydrogen-bond acceptors (Lipinski definition) is 3. The van der Waals surface area contributed by atoms with E-state index in [-0.39, 0.29) is 11.8 Å². The van der Waals surface area contributed by atoms with Crippen LogP contribution < -0.4 is 16.4 Å². The van der Waals surface area contributed by atoms with E-state index in [2.05, 4.69) is 17.6 Å². The number of amides is 2. The van der Waals surface area contributed by atoms with Crippen molar-refractivity contribution in [2.24, 2.45) is 11.7 Å². The molecule has 5 nitrogen and oxygen atoms in total. The minimum Gasteiger partial charge on any atom is -0.352 e. The van der Waals surface area contributed by atoms with E-state index in [9.17, 15) is 9.59 Å². The molecule has 0 radical (unpaired) electrons. The van der Waals surface area contributed by atoms with E-state index in [1.165, 1.54) is 0 Å². The minimum atomic E-state index is -0.106. The van der Waals surface area contributed by atoms with Crippen LogP contribution in [0.25, 0.3) is 0 Å². The molecule has 1 unspecified atom stereocenters. The molecule has 0 saturated heterocycles. The lowest BCUT2D eigenvalue weighted by Gasteiger charge is -2.10. The molecule has 1 atom stereocenters. The Bertz CT molecular complexity index is 457. The van der Waals surface area contributed by atoms with Crippen LogP contribution in [0.15, 0.2) is 24.3 Å². The average Bonchev–Trinajstić information content (AvgIpc) is 2.46. The fourth-order valence-corrected chi connectivity index (χ4v) is 2.00. The van der Waals surface area contributed by atoms with Gasteiger partial charge in [-0.3, -0.25) is 9.59 Å². The van der Waals surface area contributed by atoms with Gasteiger partial charge in [0.2, 0.25) is 5.91 Å². The monoisotopic (exact) mass is 291 g/mol. The van der Waals surface area contributed by atoms with Crippen LogP contribution in [0.3, 0.4) is 0 Å². The Morgan fingerprint density at radius 1 is 1.19 bits per heavy atom. The fourth-order valence-electron chi connectivity index (χ4n) is 2.00. The first kappa shape index (κ1) is 17.2. The Morgan fingerprint density at radius 3 is 2.43 bits per heavy atom. The molecular formula is C16H25N3O2. The second-order valence-corrected chi connectivity index (χ2v) is 5.21. The molecule has 0 heterocycles. The summed E-state index contributed by atoms with van der Waals surface area (Å²) in [5.41, 5.74) is 6.78. The van der Waals surface area contributed by atoms with Gasteiger partial charge in [-0.2, -0.15) is 0 Å². The highest BCUT2D eigenvalue weighted by molar-refractivity contribution is 5.95. The van der Waals surface area contributed by atoms with Gasteiger partial charge in [-0.25, -0.2) is 0 Å². The highest BCUT2D eigenvalue weighted by Gasteiger charge is 2.08. The molecule has 116 valence electrons. The molecule has 4 N–H and O–H groups in total. The summed E-state index contributed by atoms with van der Waals surface area (Å²) < 4.78 is 0. The first-order valence-corrected chi connectivity index (χ1v) is 7.45. The van der Waals surface area contributed by atoms with Gasteiger partial charge in [0.05, 0.1) is 0 Å². The lowest BCUT2D eigenvalue weighted by molar-refractivity contribution is -0.116. The SMILES string of the molecule is CCNC(=O)c1ccc(NC(=O)CCC(C)CCN)cc1. The summed E-state index contributed by atoms with van der Waals surface area (Å²) >= 11 is 0. The predicted octanol–water partition coefficient (Wildman–Crippen LogP) is 2.14. The van der Waals surface area contributed by atoms with Crippen molar-refractivity contribution >= 4 is 17.5 Å². The normalized spacial score (nSPS) is 11.8. The molecule has 0 bridgehead atoms. The van der Waals surface area contributed by atoms with E-state index in [1.807, 2.05) is 6.92 Å². The van der Waals surface area contributed by atoms with E-state index in [1.54, 1.807) is 24.3 Å². The van der Waals surface area contributed by atoms with Crippen LogP contribution in [-0.4, -0.2) is 24.9 Å². The number of carbonyl (C=O) groups is 2. The zero-order valence-electron chi connectivity index (χ0n) is 12.8. The van der Waals surface area contributed by atoms with Gasteiger partial charge >= 0.3 is 0 Å². The average molecular weight is 291 g/mol. The summed E-state index contributed by atoms with van der Waals surface area (Å²) in [4.78, 5) is 23.4. The van der Waals surface area contributed by atoms with Crippen LogP contribution in [0.2, 0.25) is 0 Å². The molecule has 0 aliphatic carbocycles. The van der Waals surface area contributed by atoms with E-state index in [4.69, 9.17) is 5.73 Å². The highest BCUT2D eigenvalue weighted by atomic mass is 16.2. The number of rotatable bonds is 8. The van der Waals surface area contributed by atoms with Crippen molar-refractivity contribution in [3.63, 3.8) is 0 Å². The molecule has 5 heteroatoms. The van der Waals surface area contributed by atoms with Crippen LogP contribution >= 0.6 is 0 Å². The lowest BCUT2D eigenvalue weighted by atomic mass is 10.0. The fraction of sp³-hybridized carbons (Fsp3) is 0.500. The van der Waals surface area contributed by atoms with Crippen molar-refractivity contribution < 1.29 is 9.59 Å². The van der Waals surface area contributed by atoms with Crippen molar-refractivity contribution in [3.8, 4) is 0 Å². The number of anilines is 1. The Labute approximate surface area is 126 Å². The van der Waals surface area contributed by atoms with Gasteiger partial charge in [0, 0.05) is 24.2 Å². The van der Waals surface area contributed by atoms with Crippen LogP contribution in [0, 0.1) is 5.92 Å². The maximum atomic E-state index is 11.8. The van der Waals surface area contributed by atoms with Gasteiger partial charge in [-0.05, 0) is 56.5 Å². The maximum Gasteiger partial charge on any atom is 0.251 e. The maximum absolute atomic E-state index is 11.8.